The lowest BCUT2D eigenvalue weighted by Gasteiger charge is -2.32. The highest BCUT2D eigenvalue weighted by molar-refractivity contribution is 5.78. The van der Waals surface area contributed by atoms with E-state index in [9.17, 15) is 9.90 Å². The molecule has 6 heteroatoms. The number of carboxylic acid groups (broad SMARTS) is 1. The maximum absolute atomic E-state index is 15.9. The number of hydrogen-bond donors (Lipinski definition) is 1. The Bertz CT molecular complexity index is 1390. The standard InChI is InChI=1S/C34H38F2O4/c1-33(2)14-5-7-26(33)24-16-20(8-11-23(24)25-17-22(39-3)10-12-28(25)35)19-40-29-13-9-21-6-4-15-34(30(21)31(29)36)18-27(34)32(37)38/h8-13,16-17,25-28H,4-7,14-15,18-19H2,1-3H3,(H,37,38)/t25?,26-,27-,28?,34+/m0/s1. The van der Waals surface area contributed by atoms with Gasteiger partial charge in [-0.3, -0.25) is 4.79 Å². The lowest BCUT2D eigenvalue weighted by atomic mass is 9.73. The molecule has 0 aromatic heterocycles. The minimum Gasteiger partial charge on any atom is -0.497 e. The van der Waals surface area contributed by atoms with Crippen LogP contribution in [0.15, 0.2) is 54.3 Å². The van der Waals surface area contributed by atoms with Crippen LogP contribution in [-0.4, -0.2) is 24.4 Å². The van der Waals surface area contributed by atoms with Crippen LogP contribution in [0.3, 0.4) is 0 Å². The molecular formula is C34H38F2O4. The number of benzene rings is 2. The zero-order valence-electron chi connectivity index (χ0n) is 23.5. The van der Waals surface area contributed by atoms with Gasteiger partial charge < -0.3 is 14.6 Å². The molecular weight excluding hydrogens is 510 g/mol. The SMILES string of the molecule is COC1=CC(c2ccc(COc3ccc4c(c3F)[C@]3(CCC4)C[C@H]3C(=O)O)cc2[C@@H]2CCCC2(C)C)C(F)C=C1. The van der Waals surface area contributed by atoms with E-state index in [2.05, 4.69) is 19.9 Å². The Balaban J connectivity index is 1.31. The van der Waals surface area contributed by atoms with E-state index in [1.54, 1.807) is 25.3 Å². The number of rotatable bonds is 7. The van der Waals surface area contributed by atoms with Crippen LogP contribution in [0.1, 0.15) is 92.0 Å². The van der Waals surface area contributed by atoms with E-state index >= 15 is 8.78 Å². The topological polar surface area (TPSA) is 55.8 Å². The lowest BCUT2D eigenvalue weighted by molar-refractivity contribution is -0.139. The molecule has 2 saturated carbocycles. The van der Waals surface area contributed by atoms with Crippen LogP contribution < -0.4 is 4.74 Å². The average Bonchev–Trinajstić information content (AvgIpc) is 3.53. The molecule has 1 N–H and O–H groups in total. The first-order valence-electron chi connectivity index (χ1n) is 14.5. The number of alkyl halides is 1. The summed E-state index contributed by atoms with van der Waals surface area (Å²) >= 11 is 0. The molecule has 0 heterocycles. The maximum atomic E-state index is 15.9. The summed E-state index contributed by atoms with van der Waals surface area (Å²) in [5.41, 5.74) is 3.93. The van der Waals surface area contributed by atoms with Gasteiger partial charge in [0.05, 0.1) is 13.0 Å². The lowest BCUT2D eigenvalue weighted by Crippen LogP contribution is -2.23. The van der Waals surface area contributed by atoms with Gasteiger partial charge in [-0.15, -0.1) is 0 Å². The van der Waals surface area contributed by atoms with Gasteiger partial charge in [-0.2, -0.15) is 0 Å². The molecule has 4 aliphatic rings. The predicted octanol–water partition coefficient (Wildman–Crippen LogP) is 7.90. The molecule has 6 rings (SSSR count). The van der Waals surface area contributed by atoms with Crippen molar-refractivity contribution < 1.29 is 28.2 Å². The molecule has 0 amide bonds. The number of hydrogen-bond acceptors (Lipinski definition) is 3. The van der Waals surface area contributed by atoms with Crippen LogP contribution >= 0.6 is 0 Å². The normalized spacial score (nSPS) is 30.1. The van der Waals surface area contributed by atoms with Crippen LogP contribution in [0.4, 0.5) is 8.78 Å². The molecule has 40 heavy (non-hydrogen) atoms. The molecule has 1 spiro atoms. The summed E-state index contributed by atoms with van der Waals surface area (Å²) in [6, 6.07) is 9.66. The van der Waals surface area contributed by atoms with Gasteiger partial charge in [0.2, 0.25) is 0 Å². The summed E-state index contributed by atoms with van der Waals surface area (Å²) in [7, 11) is 1.60. The van der Waals surface area contributed by atoms with Crippen LogP contribution in [0.25, 0.3) is 0 Å². The summed E-state index contributed by atoms with van der Waals surface area (Å²) in [6.45, 7) is 4.74. The monoisotopic (exact) mass is 548 g/mol. The number of carboxylic acids is 1. The quantitative estimate of drug-likeness (QED) is 0.382. The molecule has 0 radical (unpaired) electrons. The van der Waals surface area contributed by atoms with Crippen LogP contribution in [0, 0.1) is 17.2 Å². The molecule has 2 unspecified atom stereocenters. The van der Waals surface area contributed by atoms with Gasteiger partial charge in [-0.1, -0.05) is 44.5 Å². The Hall–Kier alpha value is -3.15. The van der Waals surface area contributed by atoms with E-state index in [1.807, 2.05) is 24.3 Å². The first kappa shape index (κ1) is 27.0. The predicted molar refractivity (Wildman–Crippen MR) is 150 cm³/mol. The molecule has 2 aromatic carbocycles. The molecule has 2 aromatic rings. The number of methoxy groups -OCH3 is 1. The highest BCUT2D eigenvalue weighted by atomic mass is 19.1. The number of fused-ring (bicyclic) bond motifs is 2. The molecule has 5 atom stereocenters. The van der Waals surface area contributed by atoms with Gasteiger partial charge in [0.1, 0.15) is 18.5 Å². The van der Waals surface area contributed by atoms with Gasteiger partial charge in [0, 0.05) is 16.9 Å². The van der Waals surface area contributed by atoms with Crippen molar-refractivity contribution in [3.05, 3.63) is 88.0 Å². The number of aliphatic carboxylic acids is 1. The van der Waals surface area contributed by atoms with E-state index in [-0.39, 0.29) is 23.7 Å². The van der Waals surface area contributed by atoms with E-state index in [1.165, 1.54) is 0 Å². The minimum atomic E-state index is -1.14. The molecule has 0 bridgehead atoms. The molecule has 0 aliphatic heterocycles. The second-order valence-corrected chi connectivity index (χ2v) is 12.8. The fraction of sp³-hybridized carbons (Fsp3) is 0.500. The Kier molecular flexibility index (Phi) is 6.79. The van der Waals surface area contributed by atoms with Gasteiger partial charge in [0.15, 0.2) is 11.6 Å². The maximum Gasteiger partial charge on any atom is 0.307 e. The molecule has 2 fully saturated rings. The highest BCUT2D eigenvalue weighted by Crippen LogP contribution is 2.61. The fourth-order valence-electron chi connectivity index (χ4n) is 7.77. The van der Waals surface area contributed by atoms with Crippen LogP contribution in [0.5, 0.6) is 5.75 Å². The first-order valence-corrected chi connectivity index (χ1v) is 14.5. The van der Waals surface area contributed by atoms with E-state index in [4.69, 9.17) is 9.47 Å². The van der Waals surface area contributed by atoms with Crippen molar-refractivity contribution in [2.75, 3.05) is 7.11 Å². The molecule has 0 saturated heterocycles. The number of halogens is 2. The summed E-state index contributed by atoms with van der Waals surface area (Å²) in [4.78, 5) is 11.7. The van der Waals surface area contributed by atoms with Crippen molar-refractivity contribution in [3.8, 4) is 5.75 Å². The van der Waals surface area contributed by atoms with Crippen molar-refractivity contribution in [2.45, 2.75) is 88.8 Å². The number of ether oxygens (including phenoxy) is 2. The van der Waals surface area contributed by atoms with E-state index in [0.717, 1.165) is 54.4 Å². The zero-order chi connectivity index (χ0) is 28.2. The zero-order valence-corrected chi connectivity index (χ0v) is 23.5. The summed E-state index contributed by atoms with van der Waals surface area (Å²) in [6.07, 6.45) is 10.1. The van der Waals surface area contributed by atoms with Crippen molar-refractivity contribution in [1.82, 2.24) is 0 Å². The van der Waals surface area contributed by atoms with Crippen LogP contribution in [-0.2, 0) is 28.0 Å². The average molecular weight is 549 g/mol. The fourth-order valence-corrected chi connectivity index (χ4v) is 7.77. The largest absolute Gasteiger partial charge is 0.497 e. The first-order chi connectivity index (χ1) is 19.1. The van der Waals surface area contributed by atoms with Crippen LogP contribution in [0.2, 0.25) is 0 Å². The Morgan fingerprint density at radius 3 is 2.65 bits per heavy atom. The second-order valence-electron chi connectivity index (χ2n) is 12.8. The highest BCUT2D eigenvalue weighted by Gasteiger charge is 2.62. The third kappa shape index (κ3) is 4.53. The Morgan fingerprint density at radius 1 is 1.12 bits per heavy atom. The second kappa shape index (κ2) is 10.0. The van der Waals surface area contributed by atoms with Gasteiger partial charge in [-0.25, -0.2) is 8.78 Å². The number of carbonyl (C=O) groups is 1. The summed E-state index contributed by atoms with van der Waals surface area (Å²) < 4.78 is 42.6. The third-order valence-electron chi connectivity index (χ3n) is 10.0. The van der Waals surface area contributed by atoms with E-state index < -0.39 is 35.2 Å². The third-order valence-corrected chi connectivity index (χ3v) is 10.0. The minimum absolute atomic E-state index is 0.0855. The molecule has 4 nitrogen and oxygen atoms in total. The van der Waals surface area contributed by atoms with Crippen molar-refractivity contribution >= 4 is 5.97 Å². The van der Waals surface area contributed by atoms with Gasteiger partial charge in [0.25, 0.3) is 0 Å². The van der Waals surface area contributed by atoms with Crippen molar-refractivity contribution in [2.24, 2.45) is 11.3 Å². The Labute approximate surface area is 235 Å². The molecule has 4 aliphatic carbocycles. The smallest absolute Gasteiger partial charge is 0.307 e. The summed E-state index contributed by atoms with van der Waals surface area (Å²) in [5, 5.41) is 9.63. The Morgan fingerprint density at radius 2 is 1.95 bits per heavy atom. The number of allylic oxidation sites excluding steroid dienone is 3. The van der Waals surface area contributed by atoms with Gasteiger partial charge in [-0.05, 0) is 96.4 Å². The number of aryl methyl sites for hydroxylation is 1. The van der Waals surface area contributed by atoms with E-state index in [0.29, 0.717) is 24.2 Å². The summed E-state index contributed by atoms with van der Waals surface area (Å²) in [5.74, 6) is -1.12. The molecule has 212 valence electrons. The van der Waals surface area contributed by atoms with Gasteiger partial charge >= 0.3 is 5.97 Å². The van der Waals surface area contributed by atoms with Crippen molar-refractivity contribution in [3.63, 3.8) is 0 Å². The van der Waals surface area contributed by atoms with Crippen molar-refractivity contribution in [1.29, 1.82) is 0 Å².